The molecule has 0 radical (unpaired) electrons. The number of nitrogens with one attached hydrogen (secondary N) is 1. The highest BCUT2D eigenvalue weighted by molar-refractivity contribution is 5.94. The van der Waals surface area contributed by atoms with E-state index >= 15 is 0 Å². The van der Waals surface area contributed by atoms with Gasteiger partial charge in [0, 0.05) is 23.7 Å². The zero-order valence-electron chi connectivity index (χ0n) is 11.0. The van der Waals surface area contributed by atoms with E-state index in [1.165, 1.54) is 6.07 Å². The van der Waals surface area contributed by atoms with E-state index in [1.807, 2.05) is 6.92 Å². The number of aliphatic hydroxyl groups excluding tert-OH is 1. The van der Waals surface area contributed by atoms with Crippen molar-refractivity contribution in [3.05, 3.63) is 39.4 Å². The molecule has 104 valence electrons. The molecule has 0 saturated heterocycles. The predicted molar refractivity (Wildman–Crippen MR) is 71.1 cm³/mol. The molecule has 6 nitrogen and oxygen atoms in total. The molecule has 1 aromatic carbocycles. The average molecular weight is 266 g/mol. The van der Waals surface area contributed by atoms with Crippen molar-refractivity contribution in [1.82, 2.24) is 5.32 Å². The van der Waals surface area contributed by atoms with Gasteiger partial charge in [-0.2, -0.15) is 0 Å². The minimum atomic E-state index is -0.489. The smallest absolute Gasteiger partial charge is 0.273 e. The Balaban J connectivity index is 2.81. The number of rotatable bonds is 6. The van der Waals surface area contributed by atoms with Gasteiger partial charge in [0.2, 0.25) is 0 Å². The second-order valence-corrected chi connectivity index (χ2v) is 4.35. The number of benzene rings is 1. The summed E-state index contributed by atoms with van der Waals surface area (Å²) >= 11 is 0. The minimum absolute atomic E-state index is 0.0364. The Bertz CT molecular complexity index is 472. The number of nitro groups is 1. The quantitative estimate of drug-likeness (QED) is 0.605. The summed E-state index contributed by atoms with van der Waals surface area (Å²) in [7, 11) is 0. The molecule has 0 aliphatic heterocycles. The number of aryl methyl sites for hydroxylation is 1. The van der Waals surface area contributed by atoms with Crippen LogP contribution in [0, 0.1) is 10.1 Å². The fourth-order valence-electron chi connectivity index (χ4n) is 1.67. The Labute approximate surface area is 111 Å². The van der Waals surface area contributed by atoms with Crippen LogP contribution in [0.5, 0.6) is 0 Å². The SMILES string of the molecule is CCc1ccc(C(=O)NCC[C@H](C)O)cc1[N+](=O)[O-]. The molecule has 19 heavy (non-hydrogen) atoms. The van der Waals surface area contributed by atoms with Crippen molar-refractivity contribution < 1.29 is 14.8 Å². The van der Waals surface area contributed by atoms with Gasteiger partial charge in [-0.05, 0) is 25.8 Å². The van der Waals surface area contributed by atoms with Crippen LogP contribution in [-0.4, -0.2) is 28.6 Å². The van der Waals surface area contributed by atoms with Crippen molar-refractivity contribution in [2.45, 2.75) is 32.8 Å². The van der Waals surface area contributed by atoms with E-state index in [4.69, 9.17) is 5.11 Å². The summed E-state index contributed by atoms with van der Waals surface area (Å²) in [4.78, 5) is 22.2. The molecule has 0 bridgehead atoms. The Kier molecular flexibility index (Phi) is 5.44. The Morgan fingerprint density at radius 1 is 1.53 bits per heavy atom. The summed E-state index contributed by atoms with van der Waals surface area (Å²) < 4.78 is 0. The first-order valence-corrected chi connectivity index (χ1v) is 6.19. The van der Waals surface area contributed by atoms with Crippen molar-refractivity contribution in [1.29, 1.82) is 0 Å². The van der Waals surface area contributed by atoms with Crippen LogP contribution in [0.25, 0.3) is 0 Å². The molecule has 0 aliphatic rings. The van der Waals surface area contributed by atoms with E-state index < -0.39 is 11.0 Å². The Hall–Kier alpha value is -1.95. The van der Waals surface area contributed by atoms with Crippen LogP contribution in [0.1, 0.15) is 36.2 Å². The first-order valence-electron chi connectivity index (χ1n) is 6.19. The van der Waals surface area contributed by atoms with E-state index in [0.717, 1.165) is 0 Å². The molecule has 0 fully saturated rings. The summed E-state index contributed by atoms with van der Waals surface area (Å²) in [5.74, 6) is -0.369. The van der Waals surface area contributed by atoms with Crippen LogP contribution in [-0.2, 0) is 6.42 Å². The van der Waals surface area contributed by atoms with Crippen LogP contribution in [0.2, 0.25) is 0 Å². The van der Waals surface area contributed by atoms with Gasteiger partial charge in [-0.25, -0.2) is 0 Å². The van der Waals surface area contributed by atoms with E-state index in [0.29, 0.717) is 24.9 Å². The largest absolute Gasteiger partial charge is 0.393 e. The molecule has 1 rings (SSSR count). The van der Waals surface area contributed by atoms with Gasteiger partial charge < -0.3 is 10.4 Å². The normalized spacial score (nSPS) is 11.9. The van der Waals surface area contributed by atoms with Crippen LogP contribution in [0.3, 0.4) is 0 Å². The monoisotopic (exact) mass is 266 g/mol. The number of aliphatic hydroxyl groups is 1. The predicted octanol–water partition coefficient (Wildman–Crippen LogP) is 1.66. The molecule has 1 atom stereocenters. The second-order valence-electron chi connectivity index (χ2n) is 4.35. The molecular weight excluding hydrogens is 248 g/mol. The van der Waals surface area contributed by atoms with Gasteiger partial charge in [-0.1, -0.05) is 13.0 Å². The molecule has 0 aromatic heterocycles. The van der Waals surface area contributed by atoms with Gasteiger partial charge in [-0.3, -0.25) is 14.9 Å². The van der Waals surface area contributed by atoms with Gasteiger partial charge in [0.15, 0.2) is 0 Å². The average Bonchev–Trinajstić information content (AvgIpc) is 2.37. The lowest BCUT2D eigenvalue weighted by Gasteiger charge is -2.07. The van der Waals surface area contributed by atoms with Gasteiger partial charge in [0.05, 0.1) is 11.0 Å². The number of hydrogen-bond acceptors (Lipinski definition) is 4. The van der Waals surface area contributed by atoms with E-state index in [-0.39, 0.29) is 17.2 Å². The molecule has 0 saturated carbocycles. The van der Waals surface area contributed by atoms with Gasteiger partial charge in [-0.15, -0.1) is 0 Å². The standard InChI is InChI=1S/C13H18N2O4/c1-3-10-4-5-11(8-12(10)15(18)19)13(17)14-7-6-9(2)16/h4-5,8-9,16H,3,6-7H2,1-2H3,(H,14,17)/t9-/m0/s1. The fraction of sp³-hybridized carbons (Fsp3) is 0.462. The lowest BCUT2D eigenvalue weighted by molar-refractivity contribution is -0.385. The summed E-state index contributed by atoms with van der Waals surface area (Å²) in [6.07, 6.45) is 0.498. The third-order valence-electron chi connectivity index (χ3n) is 2.77. The van der Waals surface area contributed by atoms with Crippen LogP contribution in [0.15, 0.2) is 18.2 Å². The number of amides is 1. The number of carbonyl (C=O) groups is 1. The first-order chi connectivity index (χ1) is 8.95. The molecule has 0 heterocycles. The third-order valence-corrected chi connectivity index (χ3v) is 2.77. The maximum atomic E-state index is 11.8. The molecule has 0 spiro atoms. The van der Waals surface area contributed by atoms with E-state index in [9.17, 15) is 14.9 Å². The molecule has 1 amide bonds. The summed E-state index contributed by atoms with van der Waals surface area (Å²) in [6.45, 7) is 3.79. The van der Waals surface area contributed by atoms with E-state index in [2.05, 4.69) is 5.32 Å². The fourth-order valence-corrected chi connectivity index (χ4v) is 1.67. The van der Waals surface area contributed by atoms with Crippen molar-refractivity contribution in [3.63, 3.8) is 0 Å². The van der Waals surface area contributed by atoms with Crippen molar-refractivity contribution in [2.75, 3.05) is 6.54 Å². The number of nitro benzene ring substituents is 1. The maximum Gasteiger partial charge on any atom is 0.273 e. The minimum Gasteiger partial charge on any atom is -0.393 e. The molecule has 1 aromatic rings. The molecule has 0 unspecified atom stereocenters. The number of hydrogen-bond donors (Lipinski definition) is 2. The zero-order chi connectivity index (χ0) is 14.4. The Morgan fingerprint density at radius 2 is 2.21 bits per heavy atom. The second kappa shape index (κ2) is 6.84. The lowest BCUT2D eigenvalue weighted by atomic mass is 10.1. The number of carbonyl (C=O) groups excluding carboxylic acids is 1. The molecule has 2 N–H and O–H groups in total. The molecule has 0 aliphatic carbocycles. The Morgan fingerprint density at radius 3 is 2.74 bits per heavy atom. The van der Waals surface area contributed by atoms with Gasteiger partial charge >= 0.3 is 0 Å². The highest BCUT2D eigenvalue weighted by Crippen LogP contribution is 2.20. The lowest BCUT2D eigenvalue weighted by Crippen LogP contribution is -2.26. The summed E-state index contributed by atoms with van der Waals surface area (Å²) in [5.41, 5.74) is 0.825. The van der Waals surface area contributed by atoms with Crippen molar-refractivity contribution >= 4 is 11.6 Å². The number of nitrogens with zero attached hydrogens (tertiary/aromatic N) is 1. The van der Waals surface area contributed by atoms with Crippen molar-refractivity contribution in [2.24, 2.45) is 0 Å². The highest BCUT2D eigenvalue weighted by atomic mass is 16.6. The van der Waals surface area contributed by atoms with Crippen LogP contribution >= 0.6 is 0 Å². The first kappa shape index (κ1) is 15.1. The van der Waals surface area contributed by atoms with Crippen LogP contribution in [0.4, 0.5) is 5.69 Å². The van der Waals surface area contributed by atoms with Gasteiger partial charge in [0.25, 0.3) is 11.6 Å². The molecular formula is C13H18N2O4. The van der Waals surface area contributed by atoms with Gasteiger partial charge in [0.1, 0.15) is 0 Å². The highest BCUT2D eigenvalue weighted by Gasteiger charge is 2.16. The van der Waals surface area contributed by atoms with Crippen LogP contribution < -0.4 is 5.32 Å². The maximum absolute atomic E-state index is 11.8. The third kappa shape index (κ3) is 4.33. The zero-order valence-corrected chi connectivity index (χ0v) is 11.0. The van der Waals surface area contributed by atoms with E-state index in [1.54, 1.807) is 19.1 Å². The molecule has 6 heteroatoms. The summed E-state index contributed by atoms with van der Waals surface area (Å²) in [5, 5.41) is 22.6. The van der Waals surface area contributed by atoms with Crippen molar-refractivity contribution in [3.8, 4) is 0 Å². The topological polar surface area (TPSA) is 92.5 Å². The summed E-state index contributed by atoms with van der Waals surface area (Å²) in [6, 6.07) is 4.46.